The normalized spacial score (nSPS) is 33.8. The second-order valence-corrected chi connectivity index (χ2v) is 3.65. The van der Waals surface area contributed by atoms with E-state index >= 15 is 0 Å². The summed E-state index contributed by atoms with van der Waals surface area (Å²) in [5.74, 6) is 0.854. The number of hydrogen-bond donors (Lipinski definition) is 0. The number of rotatable bonds is 1. The fourth-order valence-electron chi connectivity index (χ4n) is 1.64. The van der Waals surface area contributed by atoms with Crippen LogP contribution in [0, 0.1) is 11.8 Å². The van der Waals surface area contributed by atoms with Gasteiger partial charge in [0, 0.05) is 5.92 Å². The molecule has 10 heavy (non-hydrogen) atoms. The second kappa shape index (κ2) is 3.38. The number of halogens is 1. The van der Waals surface area contributed by atoms with Crippen LogP contribution in [0.3, 0.4) is 0 Å². The molecule has 0 saturated heterocycles. The zero-order valence-corrected chi connectivity index (χ0v) is 7.03. The van der Waals surface area contributed by atoms with Crippen molar-refractivity contribution in [1.82, 2.24) is 0 Å². The van der Waals surface area contributed by atoms with E-state index in [2.05, 4.69) is 6.92 Å². The lowest BCUT2D eigenvalue weighted by molar-refractivity contribution is -0.116. The van der Waals surface area contributed by atoms with Crippen molar-refractivity contribution in [1.29, 1.82) is 0 Å². The molecular weight excluding hydrogens is 148 g/mol. The van der Waals surface area contributed by atoms with E-state index in [1.54, 1.807) is 0 Å². The molecule has 1 rings (SSSR count). The lowest BCUT2D eigenvalue weighted by Crippen LogP contribution is -2.17. The van der Waals surface area contributed by atoms with Crippen LogP contribution in [-0.2, 0) is 4.79 Å². The van der Waals surface area contributed by atoms with Gasteiger partial charge in [0.05, 0.1) is 0 Å². The fourth-order valence-corrected chi connectivity index (χ4v) is 1.84. The summed E-state index contributed by atoms with van der Waals surface area (Å²) < 4.78 is 0. The van der Waals surface area contributed by atoms with Crippen LogP contribution in [0.25, 0.3) is 0 Å². The lowest BCUT2D eigenvalue weighted by Gasteiger charge is -2.23. The minimum Gasteiger partial charge on any atom is -0.281 e. The van der Waals surface area contributed by atoms with Gasteiger partial charge in [-0.25, -0.2) is 0 Å². The molecule has 0 radical (unpaired) electrons. The van der Waals surface area contributed by atoms with Crippen LogP contribution in [0.1, 0.15) is 32.6 Å². The first kappa shape index (κ1) is 8.06. The predicted molar refractivity (Wildman–Crippen MR) is 42.0 cm³/mol. The Morgan fingerprint density at radius 2 is 2.20 bits per heavy atom. The SMILES string of the molecule is C[C@@H]1CCC[C@H](C(=O)Cl)C1. The summed E-state index contributed by atoms with van der Waals surface area (Å²) in [6.07, 6.45) is 4.44. The summed E-state index contributed by atoms with van der Waals surface area (Å²) in [5.41, 5.74) is 0. The molecule has 0 aromatic heterocycles. The van der Waals surface area contributed by atoms with E-state index in [9.17, 15) is 4.79 Å². The molecule has 2 atom stereocenters. The van der Waals surface area contributed by atoms with Gasteiger partial charge in [-0.05, 0) is 30.4 Å². The highest BCUT2D eigenvalue weighted by atomic mass is 35.5. The third-order valence-electron chi connectivity index (χ3n) is 2.26. The Kier molecular flexibility index (Phi) is 2.72. The Balaban J connectivity index is 2.39. The molecule has 1 nitrogen and oxygen atoms in total. The molecule has 0 spiro atoms. The van der Waals surface area contributed by atoms with Crippen molar-refractivity contribution < 1.29 is 4.79 Å². The maximum atomic E-state index is 10.7. The average Bonchev–Trinajstić information content (AvgIpc) is 1.88. The third-order valence-corrected chi connectivity index (χ3v) is 2.57. The molecule has 0 aromatic carbocycles. The molecule has 0 bridgehead atoms. The minimum absolute atomic E-state index is 0.133. The van der Waals surface area contributed by atoms with E-state index < -0.39 is 0 Å². The van der Waals surface area contributed by atoms with Gasteiger partial charge < -0.3 is 0 Å². The summed E-state index contributed by atoms with van der Waals surface area (Å²) in [5, 5.41) is -0.133. The maximum absolute atomic E-state index is 10.7. The minimum atomic E-state index is -0.133. The highest BCUT2D eigenvalue weighted by Gasteiger charge is 2.23. The summed E-state index contributed by atoms with van der Waals surface area (Å²) in [6.45, 7) is 2.19. The van der Waals surface area contributed by atoms with Crippen LogP contribution >= 0.6 is 11.6 Å². The van der Waals surface area contributed by atoms with E-state index in [1.807, 2.05) is 0 Å². The fraction of sp³-hybridized carbons (Fsp3) is 0.875. The number of carbonyl (C=O) groups excluding carboxylic acids is 1. The first-order valence-corrected chi connectivity index (χ1v) is 4.27. The average molecular weight is 161 g/mol. The van der Waals surface area contributed by atoms with Crippen molar-refractivity contribution >= 4 is 16.8 Å². The molecule has 1 saturated carbocycles. The van der Waals surface area contributed by atoms with Crippen molar-refractivity contribution in [2.45, 2.75) is 32.6 Å². The summed E-state index contributed by atoms with van der Waals surface area (Å²) in [7, 11) is 0. The Morgan fingerprint density at radius 1 is 1.50 bits per heavy atom. The van der Waals surface area contributed by atoms with Crippen LogP contribution < -0.4 is 0 Å². The van der Waals surface area contributed by atoms with Crippen molar-refractivity contribution in [3.63, 3.8) is 0 Å². The molecule has 0 amide bonds. The Labute approximate surface area is 66.8 Å². The molecule has 1 fully saturated rings. The van der Waals surface area contributed by atoms with Gasteiger partial charge in [0.15, 0.2) is 0 Å². The van der Waals surface area contributed by atoms with Crippen LogP contribution in [0.2, 0.25) is 0 Å². The second-order valence-electron chi connectivity index (χ2n) is 3.27. The highest BCUT2D eigenvalue weighted by molar-refractivity contribution is 6.63. The van der Waals surface area contributed by atoms with Crippen molar-refractivity contribution in [2.75, 3.05) is 0 Å². The summed E-state index contributed by atoms with van der Waals surface area (Å²) in [6, 6.07) is 0. The molecule has 0 N–H and O–H groups in total. The quantitative estimate of drug-likeness (QED) is 0.539. The zero-order chi connectivity index (χ0) is 7.56. The third kappa shape index (κ3) is 1.98. The Bertz CT molecular complexity index is 133. The van der Waals surface area contributed by atoms with Gasteiger partial charge in [-0.15, -0.1) is 0 Å². The monoisotopic (exact) mass is 160 g/mol. The van der Waals surface area contributed by atoms with E-state index in [0.29, 0.717) is 5.92 Å². The molecule has 0 heterocycles. The van der Waals surface area contributed by atoms with Gasteiger partial charge >= 0.3 is 0 Å². The smallest absolute Gasteiger partial charge is 0.224 e. The molecular formula is C8H13ClO. The lowest BCUT2D eigenvalue weighted by atomic mass is 9.83. The number of carbonyl (C=O) groups is 1. The standard InChI is InChI=1S/C8H13ClO/c1-6-3-2-4-7(5-6)8(9)10/h6-7H,2-5H2,1H3/t6-,7+/m1/s1. The topological polar surface area (TPSA) is 17.1 Å². The van der Waals surface area contributed by atoms with E-state index in [1.165, 1.54) is 12.8 Å². The van der Waals surface area contributed by atoms with Gasteiger partial charge in [0.25, 0.3) is 0 Å². The van der Waals surface area contributed by atoms with Crippen molar-refractivity contribution in [3.05, 3.63) is 0 Å². The Morgan fingerprint density at radius 3 is 2.60 bits per heavy atom. The number of hydrogen-bond acceptors (Lipinski definition) is 1. The molecule has 2 heteroatoms. The molecule has 0 aromatic rings. The maximum Gasteiger partial charge on any atom is 0.224 e. The first-order chi connectivity index (χ1) is 4.70. The van der Waals surface area contributed by atoms with Gasteiger partial charge in [0.1, 0.15) is 0 Å². The van der Waals surface area contributed by atoms with E-state index in [-0.39, 0.29) is 11.2 Å². The van der Waals surface area contributed by atoms with E-state index in [4.69, 9.17) is 11.6 Å². The van der Waals surface area contributed by atoms with Crippen molar-refractivity contribution in [3.8, 4) is 0 Å². The van der Waals surface area contributed by atoms with Crippen molar-refractivity contribution in [2.24, 2.45) is 11.8 Å². The van der Waals surface area contributed by atoms with Gasteiger partial charge in [-0.1, -0.05) is 19.8 Å². The molecule has 1 aliphatic rings. The summed E-state index contributed by atoms with van der Waals surface area (Å²) >= 11 is 5.38. The molecule has 58 valence electrons. The Hall–Kier alpha value is -0.0400. The highest BCUT2D eigenvalue weighted by Crippen LogP contribution is 2.29. The van der Waals surface area contributed by atoms with Gasteiger partial charge in [-0.3, -0.25) is 4.79 Å². The van der Waals surface area contributed by atoms with Crippen LogP contribution in [0.15, 0.2) is 0 Å². The van der Waals surface area contributed by atoms with E-state index in [0.717, 1.165) is 12.8 Å². The zero-order valence-electron chi connectivity index (χ0n) is 6.27. The molecule has 0 unspecified atom stereocenters. The van der Waals surface area contributed by atoms with Gasteiger partial charge in [0.2, 0.25) is 5.24 Å². The molecule has 0 aliphatic heterocycles. The predicted octanol–water partition coefficient (Wildman–Crippen LogP) is 2.58. The summed E-state index contributed by atoms with van der Waals surface area (Å²) in [4.78, 5) is 10.7. The van der Waals surface area contributed by atoms with Crippen LogP contribution in [0.4, 0.5) is 0 Å². The first-order valence-electron chi connectivity index (χ1n) is 3.89. The van der Waals surface area contributed by atoms with Crippen LogP contribution in [-0.4, -0.2) is 5.24 Å². The molecule has 1 aliphatic carbocycles. The van der Waals surface area contributed by atoms with Gasteiger partial charge in [-0.2, -0.15) is 0 Å². The van der Waals surface area contributed by atoms with Crippen LogP contribution in [0.5, 0.6) is 0 Å². The largest absolute Gasteiger partial charge is 0.281 e.